The fourth-order valence-electron chi connectivity index (χ4n) is 2.38. The quantitative estimate of drug-likeness (QED) is 0.778. The fraction of sp³-hybridized carbons (Fsp3) is 0.176. The first-order valence-corrected chi connectivity index (χ1v) is 6.94. The first-order chi connectivity index (χ1) is 10.4. The summed E-state index contributed by atoms with van der Waals surface area (Å²) in [5.74, 6) is 1.74. The van der Waals surface area contributed by atoms with Crippen molar-refractivity contribution in [3.63, 3.8) is 0 Å². The number of anilines is 1. The zero-order valence-electron chi connectivity index (χ0n) is 11.9. The van der Waals surface area contributed by atoms with E-state index in [4.69, 9.17) is 4.74 Å². The van der Waals surface area contributed by atoms with Crippen molar-refractivity contribution in [3.8, 4) is 5.75 Å². The van der Waals surface area contributed by atoms with E-state index in [-0.39, 0.29) is 0 Å². The number of benzene rings is 2. The zero-order valence-corrected chi connectivity index (χ0v) is 11.9. The normalized spacial score (nSPS) is 10.5. The molecule has 0 radical (unpaired) electrons. The van der Waals surface area contributed by atoms with Gasteiger partial charge in [-0.3, -0.25) is 0 Å². The largest absolute Gasteiger partial charge is 0.496 e. The molecule has 0 saturated carbocycles. The molecule has 0 aliphatic rings. The van der Waals surface area contributed by atoms with Crippen molar-refractivity contribution in [3.05, 3.63) is 60.3 Å². The molecule has 0 fully saturated rings. The summed E-state index contributed by atoms with van der Waals surface area (Å²) < 4.78 is 5.36. The van der Waals surface area contributed by atoms with E-state index in [1.54, 1.807) is 13.3 Å². The summed E-state index contributed by atoms with van der Waals surface area (Å²) in [5.41, 5.74) is 1.18. The summed E-state index contributed by atoms with van der Waals surface area (Å²) in [7, 11) is 1.70. The number of fused-ring (bicyclic) bond motifs is 1. The van der Waals surface area contributed by atoms with Gasteiger partial charge in [-0.15, -0.1) is 5.10 Å². The molecule has 2 aromatic carbocycles. The van der Waals surface area contributed by atoms with Gasteiger partial charge in [0.25, 0.3) is 0 Å². The molecule has 1 heterocycles. The Balaban J connectivity index is 1.72. The number of nitrogens with one attached hydrogen (secondary N) is 1. The predicted octanol–water partition coefficient (Wildman–Crippen LogP) is 3.29. The lowest BCUT2D eigenvalue weighted by Gasteiger charge is -2.10. The standard InChI is InChI=1S/C17H17N3O/c1-21-16-9-5-3-6-13(16)10-11-18-17-15-8-4-2-7-14(15)12-19-20-17/h2-9,12H,10-11H2,1H3,(H,18,20). The van der Waals surface area contributed by atoms with Crippen LogP contribution < -0.4 is 10.1 Å². The van der Waals surface area contributed by atoms with E-state index < -0.39 is 0 Å². The highest BCUT2D eigenvalue weighted by Crippen LogP contribution is 2.20. The van der Waals surface area contributed by atoms with Gasteiger partial charge in [-0.2, -0.15) is 5.10 Å². The van der Waals surface area contributed by atoms with Crippen molar-refractivity contribution in [2.75, 3.05) is 19.0 Å². The number of methoxy groups -OCH3 is 1. The molecule has 0 amide bonds. The average molecular weight is 279 g/mol. The van der Waals surface area contributed by atoms with Crippen molar-refractivity contribution in [1.29, 1.82) is 0 Å². The van der Waals surface area contributed by atoms with Crippen LogP contribution in [0.1, 0.15) is 5.56 Å². The van der Waals surface area contributed by atoms with Gasteiger partial charge in [0.2, 0.25) is 0 Å². The fourth-order valence-corrected chi connectivity index (χ4v) is 2.38. The summed E-state index contributed by atoms with van der Waals surface area (Å²) in [6.07, 6.45) is 2.65. The molecule has 1 aromatic heterocycles. The van der Waals surface area contributed by atoms with Crippen LogP contribution in [0.25, 0.3) is 10.8 Å². The lowest BCUT2D eigenvalue weighted by Crippen LogP contribution is -2.08. The minimum absolute atomic E-state index is 0.781. The third-order valence-electron chi connectivity index (χ3n) is 3.45. The molecular formula is C17H17N3O. The van der Waals surface area contributed by atoms with Crippen LogP contribution >= 0.6 is 0 Å². The average Bonchev–Trinajstić information content (AvgIpc) is 2.55. The van der Waals surface area contributed by atoms with E-state index in [0.29, 0.717) is 0 Å². The number of nitrogens with zero attached hydrogens (tertiary/aromatic N) is 2. The molecule has 21 heavy (non-hydrogen) atoms. The Bertz CT molecular complexity index is 737. The third kappa shape index (κ3) is 2.94. The third-order valence-corrected chi connectivity index (χ3v) is 3.45. The van der Waals surface area contributed by atoms with Gasteiger partial charge in [-0.25, -0.2) is 0 Å². The van der Waals surface area contributed by atoms with E-state index in [1.807, 2.05) is 36.4 Å². The van der Waals surface area contributed by atoms with Crippen molar-refractivity contribution >= 4 is 16.6 Å². The highest BCUT2D eigenvalue weighted by Gasteiger charge is 2.04. The summed E-state index contributed by atoms with van der Waals surface area (Å²) in [6, 6.07) is 16.2. The SMILES string of the molecule is COc1ccccc1CCNc1nncc2ccccc12. The highest BCUT2D eigenvalue weighted by molar-refractivity contribution is 5.90. The van der Waals surface area contributed by atoms with Crippen molar-refractivity contribution in [1.82, 2.24) is 10.2 Å². The monoisotopic (exact) mass is 279 g/mol. The molecule has 0 aliphatic carbocycles. The summed E-state index contributed by atoms with van der Waals surface area (Å²) in [6.45, 7) is 0.781. The van der Waals surface area contributed by atoms with Crippen molar-refractivity contribution < 1.29 is 4.74 Å². The minimum Gasteiger partial charge on any atom is -0.496 e. The second-order valence-electron chi connectivity index (χ2n) is 4.77. The van der Waals surface area contributed by atoms with Gasteiger partial charge in [0, 0.05) is 17.3 Å². The van der Waals surface area contributed by atoms with Gasteiger partial charge in [-0.1, -0.05) is 42.5 Å². The Hall–Kier alpha value is -2.62. The van der Waals surface area contributed by atoms with Crippen LogP contribution in [0, 0.1) is 0 Å². The van der Waals surface area contributed by atoms with Crippen LogP contribution in [0.5, 0.6) is 5.75 Å². The number of para-hydroxylation sites is 1. The van der Waals surface area contributed by atoms with Gasteiger partial charge >= 0.3 is 0 Å². The van der Waals surface area contributed by atoms with Crippen LogP contribution in [0.4, 0.5) is 5.82 Å². The smallest absolute Gasteiger partial charge is 0.156 e. The second-order valence-corrected chi connectivity index (χ2v) is 4.77. The number of ether oxygens (including phenoxy) is 1. The maximum absolute atomic E-state index is 5.36. The molecule has 106 valence electrons. The lowest BCUT2D eigenvalue weighted by atomic mass is 10.1. The second kappa shape index (κ2) is 6.22. The first kappa shape index (κ1) is 13.4. The van der Waals surface area contributed by atoms with E-state index >= 15 is 0 Å². The molecule has 1 N–H and O–H groups in total. The minimum atomic E-state index is 0.781. The molecule has 4 heteroatoms. The molecule has 0 spiro atoms. The highest BCUT2D eigenvalue weighted by atomic mass is 16.5. The summed E-state index contributed by atoms with van der Waals surface area (Å²) in [5, 5.41) is 13.8. The lowest BCUT2D eigenvalue weighted by molar-refractivity contribution is 0.410. The van der Waals surface area contributed by atoms with Crippen LogP contribution in [0.3, 0.4) is 0 Å². The van der Waals surface area contributed by atoms with E-state index in [2.05, 4.69) is 27.6 Å². The Labute approximate surface area is 123 Å². The number of hydrogen-bond acceptors (Lipinski definition) is 4. The Morgan fingerprint density at radius 3 is 2.76 bits per heavy atom. The molecule has 4 nitrogen and oxygen atoms in total. The maximum Gasteiger partial charge on any atom is 0.156 e. The number of hydrogen-bond donors (Lipinski definition) is 1. The number of aromatic nitrogens is 2. The van der Waals surface area contributed by atoms with Crippen molar-refractivity contribution in [2.24, 2.45) is 0 Å². The molecule has 3 rings (SSSR count). The summed E-state index contributed by atoms with van der Waals surface area (Å²) >= 11 is 0. The molecule has 0 atom stereocenters. The first-order valence-electron chi connectivity index (χ1n) is 6.94. The Morgan fingerprint density at radius 2 is 1.86 bits per heavy atom. The number of rotatable bonds is 5. The van der Waals surface area contributed by atoms with E-state index in [9.17, 15) is 0 Å². The van der Waals surface area contributed by atoms with Crippen molar-refractivity contribution in [2.45, 2.75) is 6.42 Å². The maximum atomic E-state index is 5.36. The van der Waals surface area contributed by atoms with Crippen LogP contribution in [0.15, 0.2) is 54.7 Å². The Morgan fingerprint density at radius 1 is 1.05 bits per heavy atom. The zero-order chi connectivity index (χ0) is 14.5. The van der Waals surface area contributed by atoms with Gasteiger partial charge in [-0.05, 0) is 18.1 Å². The molecule has 3 aromatic rings. The molecular weight excluding hydrogens is 262 g/mol. The summed E-state index contributed by atoms with van der Waals surface area (Å²) in [4.78, 5) is 0. The molecule has 0 bridgehead atoms. The van der Waals surface area contributed by atoms with Gasteiger partial charge in [0.15, 0.2) is 5.82 Å². The topological polar surface area (TPSA) is 47.0 Å². The molecule has 0 aliphatic heterocycles. The predicted molar refractivity (Wildman–Crippen MR) is 84.7 cm³/mol. The molecule has 0 saturated heterocycles. The van der Waals surface area contributed by atoms with E-state index in [0.717, 1.165) is 35.3 Å². The van der Waals surface area contributed by atoms with E-state index in [1.165, 1.54) is 5.56 Å². The van der Waals surface area contributed by atoms with Gasteiger partial charge in [0.05, 0.1) is 13.3 Å². The molecule has 0 unspecified atom stereocenters. The van der Waals surface area contributed by atoms with Crippen LogP contribution in [-0.2, 0) is 6.42 Å². The van der Waals surface area contributed by atoms with Gasteiger partial charge in [0.1, 0.15) is 5.75 Å². The van der Waals surface area contributed by atoms with Crippen LogP contribution in [0.2, 0.25) is 0 Å². The van der Waals surface area contributed by atoms with Crippen LogP contribution in [-0.4, -0.2) is 23.9 Å². The Kier molecular flexibility index (Phi) is 3.96. The van der Waals surface area contributed by atoms with Gasteiger partial charge < -0.3 is 10.1 Å².